The molecule has 128 valence electrons. The molecule has 0 spiro atoms. The number of nitrogens with one attached hydrogen (secondary N) is 1. The molecule has 1 amide bonds. The number of methoxy groups -OCH3 is 1. The average molecular weight is 335 g/mol. The minimum absolute atomic E-state index is 0.0553. The SMILES string of the molecule is COc1cccc(C(=O)N2CCC[C@@H](c3nc4ccccc4[nH]3)C2)c1. The third kappa shape index (κ3) is 3.09. The molecule has 1 aromatic heterocycles. The van der Waals surface area contributed by atoms with Crippen molar-refractivity contribution in [2.75, 3.05) is 20.2 Å². The van der Waals surface area contributed by atoms with Crippen LogP contribution >= 0.6 is 0 Å². The summed E-state index contributed by atoms with van der Waals surface area (Å²) in [5.41, 5.74) is 2.70. The average Bonchev–Trinajstić information content (AvgIpc) is 3.12. The third-order valence-electron chi connectivity index (χ3n) is 4.82. The molecule has 0 unspecified atom stereocenters. The number of carbonyl (C=O) groups is 1. The molecule has 0 saturated carbocycles. The van der Waals surface area contributed by atoms with E-state index in [4.69, 9.17) is 9.72 Å². The number of rotatable bonds is 3. The Morgan fingerprint density at radius 2 is 2.12 bits per heavy atom. The molecular formula is C20H21N3O2. The molecule has 3 aromatic rings. The summed E-state index contributed by atoms with van der Waals surface area (Å²) in [7, 11) is 1.61. The van der Waals surface area contributed by atoms with Gasteiger partial charge in [0.05, 0.1) is 18.1 Å². The summed E-state index contributed by atoms with van der Waals surface area (Å²) in [5, 5.41) is 0. The molecular weight excluding hydrogens is 314 g/mol. The van der Waals surface area contributed by atoms with Crippen LogP contribution in [-0.4, -0.2) is 41.0 Å². The van der Waals surface area contributed by atoms with Crippen molar-refractivity contribution < 1.29 is 9.53 Å². The highest BCUT2D eigenvalue weighted by Gasteiger charge is 2.27. The van der Waals surface area contributed by atoms with Crippen LogP contribution in [0.15, 0.2) is 48.5 Å². The quantitative estimate of drug-likeness (QED) is 0.796. The molecule has 2 aromatic carbocycles. The number of para-hydroxylation sites is 2. The Bertz CT molecular complexity index is 870. The summed E-state index contributed by atoms with van der Waals surface area (Å²) in [4.78, 5) is 22.9. The number of aromatic amines is 1. The fourth-order valence-corrected chi connectivity index (χ4v) is 3.49. The number of fused-ring (bicyclic) bond motifs is 1. The smallest absolute Gasteiger partial charge is 0.254 e. The van der Waals surface area contributed by atoms with Gasteiger partial charge in [0.25, 0.3) is 5.91 Å². The summed E-state index contributed by atoms with van der Waals surface area (Å²) in [5.74, 6) is 1.98. The molecule has 0 bridgehead atoms. The van der Waals surface area contributed by atoms with Crippen LogP contribution in [0, 0.1) is 0 Å². The van der Waals surface area contributed by atoms with Crippen LogP contribution in [0.2, 0.25) is 0 Å². The van der Waals surface area contributed by atoms with Crippen LogP contribution in [0.5, 0.6) is 5.75 Å². The second-order valence-electron chi connectivity index (χ2n) is 6.46. The van der Waals surface area contributed by atoms with Crippen molar-refractivity contribution in [3.63, 3.8) is 0 Å². The molecule has 0 aliphatic carbocycles. The summed E-state index contributed by atoms with van der Waals surface area (Å²) >= 11 is 0. The Morgan fingerprint density at radius 3 is 2.96 bits per heavy atom. The minimum Gasteiger partial charge on any atom is -0.497 e. The largest absolute Gasteiger partial charge is 0.497 e. The highest BCUT2D eigenvalue weighted by Crippen LogP contribution is 2.28. The van der Waals surface area contributed by atoms with Gasteiger partial charge in [-0.15, -0.1) is 0 Å². The molecule has 5 heteroatoms. The zero-order valence-electron chi connectivity index (χ0n) is 14.2. The van der Waals surface area contributed by atoms with Gasteiger partial charge in [-0.3, -0.25) is 4.79 Å². The number of imidazole rings is 1. The predicted octanol–water partition coefficient (Wildman–Crippen LogP) is 3.59. The normalized spacial score (nSPS) is 17.6. The lowest BCUT2D eigenvalue weighted by Gasteiger charge is -2.32. The lowest BCUT2D eigenvalue weighted by molar-refractivity contribution is 0.0704. The van der Waals surface area contributed by atoms with Crippen molar-refractivity contribution in [2.24, 2.45) is 0 Å². The Hall–Kier alpha value is -2.82. The van der Waals surface area contributed by atoms with E-state index in [1.54, 1.807) is 13.2 Å². The van der Waals surface area contributed by atoms with Crippen LogP contribution < -0.4 is 4.74 Å². The van der Waals surface area contributed by atoms with Gasteiger partial charge in [0, 0.05) is 24.6 Å². The zero-order chi connectivity index (χ0) is 17.2. The van der Waals surface area contributed by atoms with Crippen LogP contribution in [0.1, 0.15) is 34.9 Å². The Labute approximate surface area is 146 Å². The molecule has 5 nitrogen and oxygen atoms in total. The molecule has 1 aliphatic heterocycles. The summed E-state index contributed by atoms with van der Waals surface area (Å²) < 4.78 is 5.23. The zero-order valence-corrected chi connectivity index (χ0v) is 14.2. The van der Waals surface area contributed by atoms with E-state index in [1.807, 2.05) is 47.4 Å². The van der Waals surface area contributed by atoms with Crippen molar-refractivity contribution >= 4 is 16.9 Å². The Kier molecular flexibility index (Phi) is 4.14. The van der Waals surface area contributed by atoms with E-state index in [0.717, 1.165) is 36.2 Å². The Balaban J connectivity index is 1.54. The standard InChI is InChI=1S/C20H21N3O2/c1-25-16-8-4-6-14(12-16)20(24)23-11-5-7-15(13-23)19-21-17-9-2-3-10-18(17)22-19/h2-4,6,8-10,12,15H,5,7,11,13H2,1H3,(H,21,22)/t15-/m1/s1. The lowest BCUT2D eigenvalue weighted by Crippen LogP contribution is -2.39. The van der Waals surface area contributed by atoms with Gasteiger partial charge in [0.1, 0.15) is 11.6 Å². The molecule has 1 N–H and O–H groups in total. The summed E-state index contributed by atoms with van der Waals surface area (Å²) in [6, 6.07) is 15.4. The molecule has 2 heterocycles. The van der Waals surface area contributed by atoms with E-state index in [2.05, 4.69) is 4.98 Å². The topological polar surface area (TPSA) is 58.2 Å². The van der Waals surface area contributed by atoms with E-state index in [-0.39, 0.29) is 11.8 Å². The van der Waals surface area contributed by atoms with Crippen LogP contribution in [-0.2, 0) is 0 Å². The highest BCUT2D eigenvalue weighted by atomic mass is 16.5. The first kappa shape index (κ1) is 15.7. The van der Waals surface area contributed by atoms with E-state index >= 15 is 0 Å². The monoisotopic (exact) mass is 335 g/mol. The van der Waals surface area contributed by atoms with E-state index in [0.29, 0.717) is 17.9 Å². The van der Waals surface area contributed by atoms with Crippen LogP contribution in [0.25, 0.3) is 11.0 Å². The molecule has 25 heavy (non-hydrogen) atoms. The fraction of sp³-hybridized carbons (Fsp3) is 0.300. The first-order chi connectivity index (χ1) is 12.2. The maximum absolute atomic E-state index is 12.9. The number of likely N-dealkylation sites (tertiary alicyclic amines) is 1. The van der Waals surface area contributed by atoms with Gasteiger partial charge in [0.15, 0.2) is 0 Å². The number of piperidine rings is 1. The number of hydrogen-bond acceptors (Lipinski definition) is 3. The van der Waals surface area contributed by atoms with Gasteiger partial charge in [-0.05, 0) is 43.2 Å². The molecule has 1 aliphatic rings. The number of H-pyrrole nitrogens is 1. The first-order valence-corrected chi connectivity index (χ1v) is 8.62. The van der Waals surface area contributed by atoms with Gasteiger partial charge in [-0.1, -0.05) is 18.2 Å². The molecule has 1 atom stereocenters. The van der Waals surface area contributed by atoms with Gasteiger partial charge >= 0.3 is 0 Å². The second-order valence-corrected chi connectivity index (χ2v) is 6.46. The molecule has 0 radical (unpaired) electrons. The number of benzene rings is 2. The first-order valence-electron chi connectivity index (χ1n) is 8.62. The summed E-state index contributed by atoms with van der Waals surface area (Å²) in [6.07, 6.45) is 2.03. The van der Waals surface area contributed by atoms with Crippen molar-refractivity contribution in [2.45, 2.75) is 18.8 Å². The van der Waals surface area contributed by atoms with Crippen molar-refractivity contribution in [1.82, 2.24) is 14.9 Å². The van der Waals surface area contributed by atoms with E-state index < -0.39 is 0 Å². The van der Waals surface area contributed by atoms with Gasteiger partial charge < -0.3 is 14.6 Å². The Morgan fingerprint density at radius 1 is 1.24 bits per heavy atom. The fourth-order valence-electron chi connectivity index (χ4n) is 3.49. The highest BCUT2D eigenvalue weighted by molar-refractivity contribution is 5.94. The van der Waals surface area contributed by atoms with Crippen LogP contribution in [0.4, 0.5) is 0 Å². The van der Waals surface area contributed by atoms with Gasteiger partial charge in [-0.2, -0.15) is 0 Å². The van der Waals surface area contributed by atoms with E-state index in [9.17, 15) is 4.79 Å². The van der Waals surface area contributed by atoms with Gasteiger partial charge in [0.2, 0.25) is 0 Å². The third-order valence-corrected chi connectivity index (χ3v) is 4.82. The minimum atomic E-state index is 0.0553. The number of nitrogens with zero attached hydrogens (tertiary/aromatic N) is 2. The summed E-state index contributed by atoms with van der Waals surface area (Å²) in [6.45, 7) is 1.47. The number of ether oxygens (including phenoxy) is 1. The number of amides is 1. The number of hydrogen-bond donors (Lipinski definition) is 1. The maximum atomic E-state index is 12.9. The van der Waals surface area contributed by atoms with Crippen molar-refractivity contribution in [1.29, 1.82) is 0 Å². The molecule has 4 rings (SSSR count). The molecule has 1 fully saturated rings. The van der Waals surface area contributed by atoms with Crippen LogP contribution in [0.3, 0.4) is 0 Å². The lowest BCUT2D eigenvalue weighted by atomic mass is 9.96. The second kappa shape index (κ2) is 6.59. The van der Waals surface area contributed by atoms with Crippen molar-refractivity contribution in [3.05, 3.63) is 59.9 Å². The van der Waals surface area contributed by atoms with Gasteiger partial charge in [-0.25, -0.2) is 4.98 Å². The van der Waals surface area contributed by atoms with E-state index in [1.165, 1.54) is 0 Å². The number of carbonyl (C=O) groups excluding carboxylic acids is 1. The number of aromatic nitrogens is 2. The predicted molar refractivity (Wildman–Crippen MR) is 97.0 cm³/mol. The molecule has 1 saturated heterocycles. The maximum Gasteiger partial charge on any atom is 0.254 e. The van der Waals surface area contributed by atoms with Crippen molar-refractivity contribution in [3.8, 4) is 5.75 Å².